The van der Waals surface area contributed by atoms with Crippen LogP contribution in [0.25, 0.3) is 0 Å². The fourth-order valence-corrected chi connectivity index (χ4v) is 2.42. The minimum atomic E-state index is 1.03. The molecule has 0 unspecified atom stereocenters. The maximum absolute atomic E-state index is 5.46. The van der Waals surface area contributed by atoms with Crippen molar-refractivity contribution in [1.82, 2.24) is 0 Å². The average molecular weight is 205 g/mol. The van der Waals surface area contributed by atoms with Gasteiger partial charge in [0.05, 0.1) is 12.8 Å². The van der Waals surface area contributed by atoms with Gasteiger partial charge in [-0.15, -0.1) is 0 Å². The minimum Gasteiger partial charge on any atom is -0.495 e. The molecule has 0 spiro atoms. The Hall–Kier alpha value is -1.18. The lowest BCUT2D eigenvalue weighted by atomic mass is 9.96. The molecule has 15 heavy (non-hydrogen) atoms. The molecular weight excluding hydrogens is 186 g/mol. The van der Waals surface area contributed by atoms with E-state index in [2.05, 4.69) is 30.9 Å². The molecule has 0 bridgehead atoms. The first-order chi connectivity index (χ1) is 7.27. The molecular formula is C13H19NO. The molecule has 0 saturated carbocycles. The van der Waals surface area contributed by atoms with Crippen molar-refractivity contribution in [3.05, 3.63) is 23.3 Å². The second-order valence-corrected chi connectivity index (χ2v) is 4.10. The first-order valence-corrected chi connectivity index (χ1v) is 5.69. The highest BCUT2D eigenvalue weighted by atomic mass is 16.5. The van der Waals surface area contributed by atoms with E-state index in [1.165, 1.54) is 29.7 Å². The number of hydrogen-bond acceptors (Lipinski definition) is 2. The third kappa shape index (κ3) is 1.69. The summed E-state index contributed by atoms with van der Waals surface area (Å²) in [5.74, 6) is 1.03. The van der Waals surface area contributed by atoms with E-state index in [-0.39, 0.29) is 0 Å². The zero-order chi connectivity index (χ0) is 10.8. The van der Waals surface area contributed by atoms with E-state index in [9.17, 15) is 0 Å². The summed E-state index contributed by atoms with van der Waals surface area (Å²) >= 11 is 0. The van der Waals surface area contributed by atoms with E-state index in [4.69, 9.17) is 4.74 Å². The molecule has 1 heterocycles. The van der Waals surface area contributed by atoms with Crippen LogP contribution in [0.1, 0.15) is 24.5 Å². The highest BCUT2D eigenvalue weighted by molar-refractivity contribution is 5.67. The van der Waals surface area contributed by atoms with Gasteiger partial charge in [0.2, 0.25) is 0 Å². The van der Waals surface area contributed by atoms with Gasteiger partial charge in [-0.2, -0.15) is 0 Å². The molecule has 0 amide bonds. The smallest absolute Gasteiger partial charge is 0.142 e. The number of hydrogen-bond donors (Lipinski definition) is 0. The summed E-state index contributed by atoms with van der Waals surface area (Å²) < 4.78 is 5.46. The number of anilines is 1. The molecule has 82 valence electrons. The van der Waals surface area contributed by atoms with Crippen LogP contribution in [0.4, 0.5) is 5.69 Å². The van der Waals surface area contributed by atoms with Crippen LogP contribution < -0.4 is 9.64 Å². The fraction of sp³-hybridized carbons (Fsp3) is 0.538. The minimum absolute atomic E-state index is 1.03. The van der Waals surface area contributed by atoms with Crippen molar-refractivity contribution in [3.8, 4) is 5.75 Å². The van der Waals surface area contributed by atoms with Crippen molar-refractivity contribution in [2.75, 3.05) is 25.1 Å². The topological polar surface area (TPSA) is 12.5 Å². The van der Waals surface area contributed by atoms with Crippen LogP contribution in [0.2, 0.25) is 0 Å². The SMILES string of the molecule is CCN1CCCc2c(C)ccc(OC)c21. The first-order valence-electron chi connectivity index (χ1n) is 5.69. The largest absolute Gasteiger partial charge is 0.495 e. The highest BCUT2D eigenvalue weighted by Gasteiger charge is 2.20. The molecule has 0 fully saturated rings. The van der Waals surface area contributed by atoms with Gasteiger partial charge >= 0.3 is 0 Å². The zero-order valence-electron chi connectivity index (χ0n) is 9.84. The summed E-state index contributed by atoms with van der Waals surface area (Å²) in [6.45, 7) is 6.62. The lowest BCUT2D eigenvalue weighted by Crippen LogP contribution is -2.29. The Kier molecular flexibility index (Phi) is 2.85. The van der Waals surface area contributed by atoms with E-state index < -0.39 is 0 Å². The lowest BCUT2D eigenvalue weighted by Gasteiger charge is -2.32. The second kappa shape index (κ2) is 4.13. The Bertz CT molecular complexity index is 360. The molecule has 2 heteroatoms. The molecule has 1 aliphatic rings. The van der Waals surface area contributed by atoms with Crippen LogP contribution >= 0.6 is 0 Å². The molecule has 0 N–H and O–H groups in total. The summed E-state index contributed by atoms with van der Waals surface area (Å²) in [6.07, 6.45) is 2.45. The molecule has 2 rings (SSSR count). The maximum Gasteiger partial charge on any atom is 0.142 e. The van der Waals surface area contributed by atoms with E-state index in [0.717, 1.165) is 18.8 Å². The molecule has 0 aliphatic carbocycles. The first kappa shape index (κ1) is 10.3. The Morgan fingerprint density at radius 2 is 2.20 bits per heavy atom. The van der Waals surface area contributed by atoms with Crippen LogP contribution in [0, 0.1) is 6.92 Å². The standard InChI is InChI=1S/C13H19NO/c1-4-14-9-5-6-11-10(2)7-8-12(15-3)13(11)14/h7-8H,4-6,9H2,1-3H3. The number of methoxy groups -OCH3 is 1. The predicted octanol–water partition coefficient (Wildman–Crippen LogP) is 2.78. The highest BCUT2D eigenvalue weighted by Crippen LogP contribution is 2.37. The molecule has 1 aromatic rings. The number of ether oxygens (including phenoxy) is 1. The van der Waals surface area contributed by atoms with Gasteiger partial charge in [0.25, 0.3) is 0 Å². The van der Waals surface area contributed by atoms with E-state index >= 15 is 0 Å². The molecule has 1 aliphatic heterocycles. The van der Waals surface area contributed by atoms with Gasteiger partial charge in [0.15, 0.2) is 0 Å². The molecule has 0 atom stereocenters. The Morgan fingerprint density at radius 1 is 1.40 bits per heavy atom. The fourth-order valence-electron chi connectivity index (χ4n) is 2.42. The van der Waals surface area contributed by atoms with Crippen molar-refractivity contribution in [2.45, 2.75) is 26.7 Å². The van der Waals surface area contributed by atoms with Gasteiger partial charge < -0.3 is 9.64 Å². The third-order valence-electron chi connectivity index (χ3n) is 3.25. The zero-order valence-corrected chi connectivity index (χ0v) is 9.84. The summed E-state index contributed by atoms with van der Waals surface area (Å²) in [7, 11) is 1.76. The Morgan fingerprint density at radius 3 is 2.87 bits per heavy atom. The number of rotatable bonds is 2. The summed E-state index contributed by atoms with van der Waals surface area (Å²) in [4.78, 5) is 2.42. The normalized spacial score (nSPS) is 15.0. The van der Waals surface area contributed by atoms with E-state index in [0.29, 0.717) is 0 Å². The molecule has 2 nitrogen and oxygen atoms in total. The predicted molar refractivity (Wildman–Crippen MR) is 63.9 cm³/mol. The summed E-state index contributed by atoms with van der Waals surface area (Å²) in [5.41, 5.74) is 4.19. The van der Waals surface area contributed by atoms with Crippen LogP contribution in [0.3, 0.4) is 0 Å². The molecule has 0 saturated heterocycles. The molecule has 1 aromatic carbocycles. The number of benzene rings is 1. The van der Waals surface area contributed by atoms with Crippen molar-refractivity contribution >= 4 is 5.69 Å². The van der Waals surface area contributed by atoms with Gasteiger partial charge in [-0.1, -0.05) is 6.07 Å². The van der Waals surface area contributed by atoms with E-state index in [1.54, 1.807) is 7.11 Å². The lowest BCUT2D eigenvalue weighted by molar-refractivity contribution is 0.412. The number of aryl methyl sites for hydroxylation is 1. The van der Waals surface area contributed by atoms with Crippen molar-refractivity contribution < 1.29 is 4.74 Å². The Balaban J connectivity index is 2.55. The molecule has 0 aromatic heterocycles. The van der Waals surface area contributed by atoms with Gasteiger partial charge in [-0.3, -0.25) is 0 Å². The average Bonchev–Trinajstić information content (AvgIpc) is 2.29. The van der Waals surface area contributed by atoms with Gasteiger partial charge in [0.1, 0.15) is 5.75 Å². The van der Waals surface area contributed by atoms with Crippen LogP contribution in [-0.2, 0) is 6.42 Å². The third-order valence-corrected chi connectivity index (χ3v) is 3.25. The maximum atomic E-state index is 5.46. The Labute approximate surface area is 91.9 Å². The quantitative estimate of drug-likeness (QED) is 0.736. The van der Waals surface area contributed by atoms with Crippen molar-refractivity contribution in [1.29, 1.82) is 0 Å². The molecule has 0 radical (unpaired) electrons. The van der Waals surface area contributed by atoms with Crippen molar-refractivity contribution in [2.24, 2.45) is 0 Å². The number of fused-ring (bicyclic) bond motifs is 1. The van der Waals surface area contributed by atoms with Crippen LogP contribution in [-0.4, -0.2) is 20.2 Å². The van der Waals surface area contributed by atoms with Gasteiger partial charge in [-0.25, -0.2) is 0 Å². The number of nitrogens with zero attached hydrogens (tertiary/aromatic N) is 1. The second-order valence-electron chi connectivity index (χ2n) is 4.10. The van der Waals surface area contributed by atoms with Gasteiger partial charge in [-0.05, 0) is 43.9 Å². The van der Waals surface area contributed by atoms with Crippen LogP contribution in [0.15, 0.2) is 12.1 Å². The van der Waals surface area contributed by atoms with Crippen molar-refractivity contribution in [3.63, 3.8) is 0 Å². The van der Waals surface area contributed by atoms with Crippen LogP contribution in [0.5, 0.6) is 5.75 Å². The van der Waals surface area contributed by atoms with E-state index in [1.807, 2.05) is 0 Å². The van der Waals surface area contributed by atoms with Gasteiger partial charge in [0, 0.05) is 13.1 Å². The summed E-state index contributed by atoms with van der Waals surface area (Å²) in [6, 6.07) is 4.25. The monoisotopic (exact) mass is 205 g/mol. The summed E-state index contributed by atoms with van der Waals surface area (Å²) in [5, 5.41) is 0.